The monoisotopic (exact) mass is 347 g/mol. The molecule has 1 aliphatic rings. The topological polar surface area (TPSA) is 31.1 Å². The van der Waals surface area contributed by atoms with Crippen LogP contribution in [0.5, 0.6) is 0 Å². The van der Waals surface area contributed by atoms with Gasteiger partial charge in [0.1, 0.15) is 0 Å². The van der Waals surface area contributed by atoms with Crippen LogP contribution in [0.15, 0.2) is 41.5 Å². The van der Waals surface area contributed by atoms with Gasteiger partial charge in [0.25, 0.3) is 0 Å². The van der Waals surface area contributed by atoms with Gasteiger partial charge in [0.15, 0.2) is 0 Å². The number of piperazine rings is 1. The van der Waals surface area contributed by atoms with Crippen LogP contribution < -0.4 is 5.32 Å². The lowest BCUT2D eigenvalue weighted by molar-refractivity contribution is 0.167. The van der Waals surface area contributed by atoms with Crippen molar-refractivity contribution >= 4 is 26.8 Å². The number of halogens is 1. The largest absolute Gasteiger partial charge is 0.361 e. The van der Waals surface area contributed by atoms with Crippen LogP contribution in [0.2, 0.25) is 0 Å². The Morgan fingerprint density at radius 1 is 1.33 bits per heavy atom. The molecule has 2 aromatic rings. The zero-order valence-electron chi connectivity index (χ0n) is 12.2. The first kappa shape index (κ1) is 14.8. The van der Waals surface area contributed by atoms with E-state index in [9.17, 15) is 0 Å². The van der Waals surface area contributed by atoms with E-state index < -0.39 is 0 Å². The predicted octanol–water partition coefficient (Wildman–Crippen LogP) is 3.84. The molecule has 0 amide bonds. The fraction of sp³-hybridized carbons (Fsp3) is 0.412. The number of hydrogen-bond acceptors (Lipinski definition) is 2. The average Bonchev–Trinajstić information content (AvgIpc) is 2.92. The van der Waals surface area contributed by atoms with Gasteiger partial charge in [-0.25, -0.2) is 0 Å². The molecule has 1 saturated heterocycles. The third-order valence-corrected chi connectivity index (χ3v) is 4.76. The Morgan fingerprint density at radius 2 is 2.14 bits per heavy atom. The zero-order valence-corrected chi connectivity index (χ0v) is 13.8. The summed E-state index contributed by atoms with van der Waals surface area (Å²) in [6.45, 7) is 8.28. The summed E-state index contributed by atoms with van der Waals surface area (Å²) in [6.07, 6.45) is 6.39. The highest BCUT2D eigenvalue weighted by Gasteiger charge is 2.23. The van der Waals surface area contributed by atoms with Crippen molar-refractivity contribution in [1.29, 1.82) is 0 Å². The molecular formula is C17H22BrN3. The van der Waals surface area contributed by atoms with Crippen LogP contribution in [-0.4, -0.2) is 36.1 Å². The van der Waals surface area contributed by atoms with Gasteiger partial charge in [-0.15, -0.1) is 6.58 Å². The van der Waals surface area contributed by atoms with E-state index in [2.05, 4.69) is 62.1 Å². The number of hydrogen-bond donors (Lipinski definition) is 2. The van der Waals surface area contributed by atoms with Gasteiger partial charge in [0.05, 0.1) is 0 Å². The maximum Gasteiger partial charge on any atom is 0.0458 e. The zero-order chi connectivity index (χ0) is 14.7. The molecule has 1 aromatic carbocycles. The van der Waals surface area contributed by atoms with Crippen LogP contribution >= 0.6 is 15.9 Å². The molecule has 112 valence electrons. The van der Waals surface area contributed by atoms with Crippen molar-refractivity contribution in [3.05, 3.63) is 47.1 Å². The highest BCUT2D eigenvalue weighted by atomic mass is 79.9. The Kier molecular flexibility index (Phi) is 4.78. The quantitative estimate of drug-likeness (QED) is 0.805. The molecule has 0 bridgehead atoms. The van der Waals surface area contributed by atoms with Gasteiger partial charge in [-0.1, -0.05) is 22.0 Å². The molecule has 2 N–H and O–H groups in total. The number of rotatable bonds is 5. The lowest BCUT2D eigenvalue weighted by Crippen LogP contribution is -2.45. The molecule has 0 radical (unpaired) electrons. The van der Waals surface area contributed by atoms with Crippen molar-refractivity contribution in [2.45, 2.75) is 18.9 Å². The van der Waals surface area contributed by atoms with E-state index in [-0.39, 0.29) is 0 Å². The van der Waals surface area contributed by atoms with Crippen molar-refractivity contribution in [3.63, 3.8) is 0 Å². The van der Waals surface area contributed by atoms with E-state index in [1.165, 1.54) is 16.5 Å². The Labute approximate surface area is 134 Å². The minimum Gasteiger partial charge on any atom is -0.361 e. The molecule has 4 heteroatoms. The first-order valence-corrected chi connectivity index (χ1v) is 8.41. The van der Waals surface area contributed by atoms with Gasteiger partial charge >= 0.3 is 0 Å². The molecule has 1 fully saturated rings. The van der Waals surface area contributed by atoms with Crippen LogP contribution in [0.25, 0.3) is 10.9 Å². The smallest absolute Gasteiger partial charge is 0.0458 e. The summed E-state index contributed by atoms with van der Waals surface area (Å²) in [5, 5.41) is 4.77. The van der Waals surface area contributed by atoms with E-state index in [0.717, 1.165) is 43.5 Å². The molecule has 0 aliphatic carbocycles. The van der Waals surface area contributed by atoms with Gasteiger partial charge < -0.3 is 10.3 Å². The molecule has 1 aliphatic heterocycles. The van der Waals surface area contributed by atoms with E-state index in [4.69, 9.17) is 0 Å². The summed E-state index contributed by atoms with van der Waals surface area (Å²) >= 11 is 3.60. The number of fused-ring (bicyclic) bond motifs is 1. The van der Waals surface area contributed by atoms with Crippen LogP contribution in [0, 0.1) is 0 Å². The lowest BCUT2D eigenvalue weighted by atomic mass is 9.99. The number of nitrogens with zero attached hydrogens (tertiary/aromatic N) is 1. The van der Waals surface area contributed by atoms with Crippen LogP contribution in [0.1, 0.15) is 24.4 Å². The highest BCUT2D eigenvalue weighted by molar-refractivity contribution is 9.10. The minimum absolute atomic E-state index is 0.466. The van der Waals surface area contributed by atoms with Gasteiger partial charge in [-0.3, -0.25) is 4.90 Å². The number of benzene rings is 1. The average molecular weight is 348 g/mol. The molecule has 1 aromatic heterocycles. The second kappa shape index (κ2) is 6.77. The van der Waals surface area contributed by atoms with Crippen LogP contribution in [-0.2, 0) is 0 Å². The van der Waals surface area contributed by atoms with Crippen molar-refractivity contribution < 1.29 is 0 Å². The Hall–Kier alpha value is -1.10. The third kappa shape index (κ3) is 3.23. The van der Waals surface area contributed by atoms with E-state index in [1.54, 1.807) is 0 Å². The fourth-order valence-corrected chi connectivity index (χ4v) is 3.56. The Balaban J connectivity index is 1.96. The molecule has 0 spiro atoms. The Morgan fingerprint density at radius 3 is 2.90 bits per heavy atom. The van der Waals surface area contributed by atoms with Gasteiger partial charge in [-0.2, -0.15) is 0 Å². The van der Waals surface area contributed by atoms with Crippen molar-refractivity contribution in [1.82, 2.24) is 15.2 Å². The van der Waals surface area contributed by atoms with Crippen LogP contribution in [0.4, 0.5) is 0 Å². The standard InChI is InChI=1S/C17H22BrN3/c1-2-3-4-17(21-9-7-19-8-10-21)15-12-20-16-6-5-13(18)11-14(15)16/h2,5-6,11-12,17,19-20H,1,3-4,7-10H2/t17-/m0/s1. The van der Waals surface area contributed by atoms with Crippen molar-refractivity contribution in [2.75, 3.05) is 26.2 Å². The number of H-pyrrole nitrogens is 1. The number of aromatic amines is 1. The SMILES string of the molecule is C=CCC[C@@H](c1c[nH]c2ccc(Br)cc12)N1CCNCC1. The summed E-state index contributed by atoms with van der Waals surface area (Å²) in [4.78, 5) is 6.02. The molecule has 2 heterocycles. The van der Waals surface area contributed by atoms with E-state index in [0.29, 0.717) is 6.04 Å². The lowest BCUT2D eigenvalue weighted by Gasteiger charge is -2.35. The molecule has 21 heavy (non-hydrogen) atoms. The second-order valence-corrected chi connectivity index (χ2v) is 6.52. The molecule has 0 unspecified atom stereocenters. The minimum atomic E-state index is 0.466. The third-order valence-electron chi connectivity index (χ3n) is 4.27. The van der Waals surface area contributed by atoms with Gasteiger partial charge in [0, 0.05) is 53.8 Å². The molecular weight excluding hydrogens is 326 g/mol. The maximum atomic E-state index is 3.89. The Bertz CT molecular complexity index is 614. The maximum absolute atomic E-state index is 3.89. The van der Waals surface area contributed by atoms with Gasteiger partial charge in [-0.05, 0) is 36.6 Å². The summed E-state index contributed by atoms with van der Waals surface area (Å²) < 4.78 is 1.14. The second-order valence-electron chi connectivity index (χ2n) is 5.60. The predicted molar refractivity (Wildman–Crippen MR) is 92.6 cm³/mol. The number of nitrogens with one attached hydrogen (secondary N) is 2. The van der Waals surface area contributed by atoms with E-state index >= 15 is 0 Å². The summed E-state index contributed by atoms with van der Waals surface area (Å²) in [7, 11) is 0. The molecule has 0 saturated carbocycles. The number of allylic oxidation sites excluding steroid dienone is 1. The summed E-state index contributed by atoms with van der Waals surface area (Å²) in [6, 6.07) is 6.93. The number of aromatic nitrogens is 1. The summed E-state index contributed by atoms with van der Waals surface area (Å²) in [5.41, 5.74) is 2.63. The first-order valence-electron chi connectivity index (χ1n) is 7.62. The van der Waals surface area contributed by atoms with Crippen molar-refractivity contribution in [3.8, 4) is 0 Å². The first-order chi connectivity index (χ1) is 10.3. The van der Waals surface area contributed by atoms with Gasteiger partial charge in [0.2, 0.25) is 0 Å². The van der Waals surface area contributed by atoms with Crippen LogP contribution in [0.3, 0.4) is 0 Å². The van der Waals surface area contributed by atoms with E-state index in [1.807, 2.05) is 6.08 Å². The molecule has 1 atom stereocenters. The normalized spacial score (nSPS) is 18.0. The van der Waals surface area contributed by atoms with Crippen molar-refractivity contribution in [2.24, 2.45) is 0 Å². The fourth-order valence-electron chi connectivity index (χ4n) is 3.19. The molecule has 3 rings (SSSR count). The summed E-state index contributed by atoms with van der Waals surface area (Å²) in [5.74, 6) is 0. The molecule has 3 nitrogen and oxygen atoms in total. The highest BCUT2D eigenvalue weighted by Crippen LogP contribution is 2.33.